The first-order valence-electron chi connectivity index (χ1n) is 8.67. The van der Waals surface area contributed by atoms with Crippen molar-refractivity contribution < 1.29 is 14.3 Å². The number of aliphatic hydroxyl groups is 1. The molecular formula is C19H27Cl2N3O3. The van der Waals surface area contributed by atoms with Crippen LogP contribution in [0.4, 0.5) is 0 Å². The zero-order valence-electron chi connectivity index (χ0n) is 15.1. The Hall–Kier alpha value is -1.57. The maximum Gasteiger partial charge on any atom is 0.234 e. The Labute approximate surface area is 172 Å². The van der Waals surface area contributed by atoms with Crippen LogP contribution in [0.15, 0.2) is 53.1 Å². The third kappa shape index (κ3) is 7.52. The number of benzene rings is 1. The minimum absolute atomic E-state index is 0. The zero-order valence-corrected chi connectivity index (χ0v) is 16.8. The van der Waals surface area contributed by atoms with Gasteiger partial charge in [0.05, 0.1) is 12.8 Å². The van der Waals surface area contributed by atoms with E-state index in [1.165, 1.54) is 0 Å². The Kier molecular flexibility index (Phi) is 10.4. The van der Waals surface area contributed by atoms with Crippen molar-refractivity contribution in [3.8, 4) is 0 Å². The van der Waals surface area contributed by atoms with E-state index in [-0.39, 0.29) is 30.7 Å². The van der Waals surface area contributed by atoms with E-state index in [2.05, 4.69) is 15.1 Å². The number of amides is 1. The van der Waals surface area contributed by atoms with Gasteiger partial charge in [0.25, 0.3) is 0 Å². The van der Waals surface area contributed by atoms with E-state index >= 15 is 0 Å². The van der Waals surface area contributed by atoms with Gasteiger partial charge in [-0.15, -0.1) is 24.8 Å². The first kappa shape index (κ1) is 23.5. The van der Waals surface area contributed by atoms with Gasteiger partial charge in [0.1, 0.15) is 11.9 Å². The van der Waals surface area contributed by atoms with Crippen molar-refractivity contribution in [1.29, 1.82) is 0 Å². The number of carbonyl (C=O) groups is 1. The first-order valence-corrected chi connectivity index (χ1v) is 8.67. The monoisotopic (exact) mass is 415 g/mol. The highest BCUT2D eigenvalue weighted by molar-refractivity contribution is 5.85. The molecule has 0 saturated carbocycles. The summed E-state index contributed by atoms with van der Waals surface area (Å²) in [7, 11) is 0. The van der Waals surface area contributed by atoms with Crippen LogP contribution >= 0.6 is 24.8 Å². The van der Waals surface area contributed by atoms with Crippen LogP contribution in [-0.2, 0) is 11.3 Å². The van der Waals surface area contributed by atoms with Gasteiger partial charge < -0.3 is 14.8 Å². The molecule has 27 heavy (non-hydrogen) atoms. The fraction of sp³-hybridized carbons (Fsp3) is 0.421. The molecule has 0 bridgehead atoms. The van der Waals surface area contributed by atoms with Crippen LogP contribution in [0, 0.1) is 0 Å². The molecule has 1 aromatic carbocycles. The van der Waals surface area contributed by atoms with E-state index in [0.29, 0.717) is 25.4 Å². The number of aliphatic hydroxyl groups excluding tert-OH is 1. The van der Waals surface area contributed by atoms with Gasteiger partial charge in [-0.2, -0.15) is 0 Å². The predicted molar refractivity (Wildman–Crippen MR) is 109 cm³/mol. The second-order valence-corrected chi connectivity index (χ2v) is 6.37. The lowest BCUT2D eigenvalue weighted by molar-refractivity contribution is -0.122. The highest BCUT2D eigenvalue weighted by atomic mass is 35.5. The van der Waals surface area contributed by atoms with E-state index in [9.17, 15) is 9.90 Å². The number of nitrogens with one attached hydrogen (secondary N) is 1. The molecule has 6 nitrogen and oxygen atoms in total. The summed E-state index contributed by atoms with van der Waals surface area (Å²) in [6, 6.07) is 13.5. The number of β-amino-alcohol motifs (C(OH)–C–C–N with tert-alkyl or cyclic N) is 1. The third-order valence-corrected chi connectivity index (χ3v) is 4.47. The second-order valence-electron chi connectivity index (χ2n) is 6.37. The van der Waals surface area contributed by atoms with E-state index in [1.807, 2.05) is 30.3 Å². The smallest absolute Gasteiger partial charge is 0.234 e. The summed E-state index contributed by atoms with van der Waals surface area (Å²) in [4.78, 5) is 16.4. The summed E-state index contributed by atoms with van der Waals surface area (Å²) in [5.41, 5.74) is 1.10. The Morgan fingerprint density at radius 1 is 1.04 bits per heavy atom. The van der Waals surface area contributed by atoms with Gasteiger partial charge in [0.15, 0.2) is 0 Å². The van der Waals surface area contributed by atoms with Gasteiger partial charge in [-0.05, 0) is 17.7 Å². The maximum absolute atomic E-state index is 12.1. The van der Waals surface area contributed by atoms with Crippen molar-refractivity contribution >= 4 is 30.7 Å². The molecule has 1 unspecified atom stereocenters. The van der Waals surface area contributed by atoms with Gasteiger partial charge in [-0.25, -0.2) is 0 Å². The van der Waals surface area contributed by atoms with E-state index in [1.54, 1.807) is 18.4 Å². The largest absolute Gasteiger partial charge is 0.467 e. The minimum atomic E-state index is -0.601. The molecule has 1 atom stereocenters. The van der Waals surface area contributed by atoms with Gasteiger partial charge in [-0.1, -0.05) is 30.3 Å². The van der Waals surface area contributed by atoms with Crippen molar-refractivity contribution in [3.05, 3.63) is 60.1 Å². The van der Waals surface area contributed by atoms with Crippen LogP contribution in [0.2, 0.25) is 0 Å². The Balaban J connectivity index is 0.00000182. The summed E-state index contributed by atoms with van der Waals surface area (Å²) in [5, 5.41) is 13.1. The molecule has 1 fully saturated rings. The van der Waals surface area contributed by atoms with Crippen molar-refractivity contribution in [3.63, 3.8) is 0 Å². The lowest BCUT2D eigenvalue weighted by Crippen LogP contribution is -2.50. The van der Waals surface area contributed by atoms with Crippen molar-refractivity contribution in [1.82, 2.24) is 15.1 Å². The lowest BCUT2D eigenvalue weighted by Gasteiger charge is -2.34. The van der Waals surface area contributed by atoms with E-state index < -0.39 is 6.10 Å². The molecule has 3 rings (SSSR count). The first-order chi connectivity index (χ1) is 12.2. The molecule has 1 aliphatic rings. The number of hydrogen-bond donors (Lipinski definition) is 2. The van der Waals surface area contributed by atoms with Crippen molar-refractivity contribution in [2.24, 2.45) is 0 Å². The Morgan fingerprint density at radius 3 is 2.33 bits per heavy atom. The fourth-order valence-corrected chi connectivity index (χ4v) is 3.00. The average molecular weight is 416 g/mol. The molecule has 1 aromatic heterocycles. The van der Waals surface area contributed by atoms with Gasteiger partial charge in [0, 0.05) is 39.3 Å². The van der Waals surface area contributed by atoms with Gasteiger partial charge in [-0.3, -0.25) is 14.6 Å². The summed E-state index contributed by atoms with van der Waals surface area (Å²) in [5.74, 6) is 0.649. The maximum atomic E-state index is 12.1. The lowest BCUT2D eigenvalue weighted by atomic mass is 10.2. The molecule has 1 saturated heterocycles. The number of carbonyl (C=O) groups excluding carboxylic acids is 1. The number of rotatable bonds is 7. The highest BCUT2D eigenvalue weighted by Gasteiger charge is 2.22. The van der Waals surface area contributed by atoms with Crippen LogP contribution in [0.5, 0.6) is 0 Å². The molecule has 2 aromatic rings. The van der Waals surface area contributed by atoms with Crippen molar-refractivity contribution in [2.45, 2.75) is 12.6 Å². The molecule has 0 spiro atoms. The summed E-state index contributed by atoms with van der Waals surface area (Å²) in [6.07, 6.45) is 0.973. The SMILES string of the molecule is Cl.Cl.O=C(CN1CCN(CC(O)c2ccco2)CC1)NCc1ccccc1. The van der Waals surface area contributed by atoms with Gasteiger partial charge >= 0.3 is 0 Å². The van der Waals surface area contributed by atoms with Crippen LogP contribution < -0.4 is 5.32 Å². The molecule has 2 N–H and O–H groups in total. The van der Waals surface area contributed by atoms with Crippen molar-refractivity contribution in [2.75, 3.05) is 39.3 Å². The number of furan rings is 1. The quantitative estimate of drug-likeness (QED) is 0.724. The number of hydrogen-bond acceptors (Lipinski definition) is 5. The molecule has 1 amide bonds. The molecular weight excluding hydrogens is 389 g/mol. The van der Waals surface area contributed by atoms with Crippen LogP contribution in [0.3, 0.4) is 0 Å². The molecule has 1 aliphatic heterocycles. The summed E-state index contributed by atoms with van der Waals surface area (Å²) in [6.45, 7) is 4.86. The second kappa shape index (κ2) is 12.0. The average Bonchev–Trinajstić information content (AvgIpc) is 3.17. The molecule has 2 heterocycles. The van der Waals surface area contributed by atoms with Crippen LogP contribution in [0.25, 0.3) is 0 Å². The van der Waals surface area contributed by atoms with E-state index in [0.717, 1.165) is 31.7 Å². The molecule has 0 radical (unpaired) electrons. The normalized spacial score (nSPS) is 16.0. The topological polar surface area (TPSA) is 69.0 Å². The predicted octanol–water partition coefficient (Wildman–Crippen LogP) is 2.09. The Bertz CT molecular complexity index is 647. The molecule has 0 aliphatic carbocycles. The Morgan fingerprint density at radius 2 is 1.70 bits per heavy atom. The number of halogens is 2. The number of nitrogens with zero attached hydrogens (tertiary/aromatic N) is 2. The third-order valence-electron chi connectivity index (χ3n) is 4.47. The fourth-order valence-electron chi connectivity index (χ4n) is 3.00. The number of piperazine rings is 1. The molecule has 8 heteroatoms. The molecule has 150 valence electrons. The zero-order chi connectivity index (χ0) is 17.5. The summed E-state index contributed by atoms with van der Waals surface area (Å²) >= 11 is 0. The van der Waals surface area contributed by atoms with Crippen LogP contribution in [0.1, 0.15) is 17.4 Å². The highest BCUT2D eigenvalue weighted by Crippen LogP contribution is 2.15. The minimum Gasteiger partial charge on any atom is -0.467 e. The van der Waals surface area contributed by atoms with E-state index in [4.69, 9.17) is 4.42 Å². The van der Waals surface area contributed by atoms with Crippen LogP contribution in [-0.4, -0.2) is 60.1 Å². The standard InChI is InChI=1S/C19H25N3O3.2ClH/c23-17(18-7-4-12-25-18)14-21-8-10-22(11-9-21)15-19(24)20-13-16-5-2-1-3-6-16;;/h1-7,12,17,23H,8-11,13-15H2,(H,20,24);2*1H. The van der Waals surface area contributed by atoms with Gasteiger partial charge in [0.2, 0.25) is 5.91 Å². The summed E-state index contributed by atoms with van der Waals surface area (Å²) < 4.78 is 5.23.